The van der Waals surface area contributed by atoms with Crippen LogP contribution in [0, 0.1) is 11.8 Å². The molecule has 2 heteroatoms. The molecule has 240 valence electrons. The van der Waals surface area contributed by atoms with Gasteiger partial charge in [-0.25, -0.2) is 9.97 Å². The summed E-state index contributed by atoms with van der Waals surface area (Å²) in [6.45, 7) is 4.57. The van der Waals surface area contributed by atoms with Gasteiger partial charge in [0.15, 0.2) is 0 Å². The van der Waals surface area contributed by atoms with E-state index in [2.05, 4.69) is 172 Å². The Balaban J connectivity index is 1.17. The highest BCUT2D eigenvalue weighted by Crippen LogP contribution is 2.42. The summed E-state index contributed by atoms with van der Waals surface area (Å²) < 4.78 is 0. The number of benzene rings is 6. The van der Waals surface area contributed by atoms with Crippen molar-refractivity contribution in [2.75, 3.05) is 0 Å². The normalized spacial score (nSPS) is 18.8. The second kappa shape index (κ2) is 12.5. The number of rotatable bonds is 5. The molecule has 0 bridgehead atoms. The molecule has 0 saturated carbocycles. The lowest BCUT2D eigenvalue weighted by Crippen LogP contribution is -2.07. The van der Waals surface area contributed by atoms with Crippen LogP contribution in [-0.2, 0) is 0 Å². The summed E-state index contributed by atoms with van der Waals surface area (Å²) in [6, 6.07) is 44.5. The highest BCUT2D eigenvalue weighted by molar-refractivity contribution is 6.25. The molecule has 9 rings (SSSR count). The Morgan fingerprint density at radius 1 is 0.520 bits per heavy atom. The Bertz CT molecular complexity index is 2530. The fourth-order valence-corrected chi connectivity index (χ4v) is 8.12. The maximum Gasteiger partial charge on any atom is 0.116 e. The van der Waals surface area contributed by atoms with Crippen LogP contribution in [0.15, 0.2) is 164 Å². The van der Waals surface area contributed by atoms with Crippen LogP contribution < -0.4 is 0 Å². The van der Waals surface area contributed by atoms with Crippen molar-refractivity contribution in [3.05, 3.63) is 181 Å². The van der Waals surface area contributed by atoms with Crippen LogP contribution in [0.3, 0.4) is 0 Å². The van der Waals surface area contributed by atoms with Gasteiger partial charge in [-0.15, -0.1) is 0 Å². The Morgan fingerprint density at radius 3 is 1.94 bits per heavy atom. The third-order valence-electron chi connectivity index (χ3n) is 10.7. The summed E-state index contributed by atoms with van der Waals surface area (Å²) in [6.07, 6.45) is 16.2. The van der Waals surface area contributed by atoms with Crippen molar-refractivity contribution in [2.45, 2.75) is 26.2 Å². The molecule has 7 aromatic rings. The molecule has 3 atom stereocenters. The Morgan fingerprint density at radius 2 is 1.18 bits per heavy atom. The predicted octanol–water partition coefficient (Wildman–Crippen LogP) is 12.6. The fraction of sp³-hybridized carbons (Fsp3) is 0.125. The van der Waals surface area contributed by atoms with E-state index in [4.69, 9.17) is 9.97 Å². The minimum Gasteiger partial charge on any atom is -0.237 e. The summed E-state index contributed by atoms with van der Waals surface area (Å²) in [5, 5.41) is 7.74. The lowest BCUT2D eigenvalue weighted by molar-refractivity contribution is 0.635. The van der Waals surface area contributed by atoms with Crippen LogP contribution in [0.2, 0.25) is 0 Å². The van der Waals surface area contributed by atoms with Gasteiger partial charge in [0.2, 0.25) is 0 Å². The van der Waals surface area contributed by atoms with Crippen molar-refractivity contribution >= 4 is 43.5 Å². The molecular weight excluding hydrogens is 605 g/mol. The Kier molecular flexibility index (Phi) is 7.58. The van der Waals surface area contributed by atoms with E-state index >= 15 is 0 Å². The lowest BCUT2D eigenvalue weighted by Gasteiger charge is -2.23. The van der Waals surface area contributed by atoms with Crippen molar-refractivity contribution < 1.29 is 0 Å². The zero-order valence-corrected chi connectivity index (χ0v) is 28.4. The molecule has 0 aliphatic heterocycles. The van der Waals surface area contributed by atoms with E-state index in [1.807, 2.05) is 0 Å². The van der Waals surface area contributed by atoms with E-state index in [9.17, 15) is 0 Å². The molecule has 0 N–H and O–H groups in total. The first-order valence-corrected chi connectivity index (χ1v) is 17.7. The number of aromatic nitrogens is 2. The fourth-order valence-electron chi connectivity index (χ4n) is 8.12. The molecule has 1 heterocycles. The van der Waals surface area contributed by atoms with Crippen LogP contribution >= 0.6 is 0 Å². The molecule has 50 heavy (non-hydrogen) atoms. The molecule has 0 fully saturated rings. The third kappa shape index (κ3) is 5.29. The monoisotopic (exact) mass is 642 g/mol. The van der Waals surface area contributed by atoms with Gasteiger partial charge in [-0.1, -0.05) is 153 Å². The van der Waals surface area contributed by atoms with Crippen LogP contribution in [0.25, 0.3) is 65.8 Å². The lowest BCUT2D eigenvalue weighted by atomic mass is 9.82. The molecule has 0 amide bonds. The first kappa shape index (κ1) is 30.2. The number of fused-ring (bicyclic) bond motifs is 6. The van der Waals surface area contributed by atoms with Crippen molar-refractivity contribution in [3.8, 4) is 22.4 Å². The smallest absolute Gasteiger partial charge is 0.116 e. The number of allylic oxidation sites excluding steroid dienone is 8. The number of hydrogen-bond acceptors (Lipinski definition) is 2. The molecule has 1 aromatic heterocycles. The van der Waals surface area contributed by atoms with E-state index in [0.717, 1.165) is 23.4 Å². The molecule has 0 radical (unpaired) electrons. The number of hydrogen-bond donors (Lipinski definition) is 0. The summed E-state index contributed by atoms with van der Waals surface area (Å²) in [5.74, 6) is 1.24. The second-order valence-corrected chi connectivity index (χ2v) is 13.9. The van der Waals surface area contributed by atoms with E-state index < -0.39 is 0 Å². The Labute approximate surface area is 293 Å². The van der Waals surface area contributed by atoms with Gasteiger partial charge in [-0.3, -0.25) is 0 Å². The van der Waals surface area contributed by atoms with Crippen LogP contribution in [0.1, 0.15) is 43.0 Å². The van der Waals surface area contributed by atoms with Crippen molar-refractivity contribution in [1.82, 2.24) is 9.97 Å². The Hall–Kier alpha value is -5.86. The highest BCUT2D eigenvalue weighted by Gasteiger charge is 2.22. The van der Waals surface area contributed by atoms with Gasteiger partial charge in [0.25, 0.3) is 0 Å². The molecule has 2 aliphatic rings. The first-order valence-electron chi connectivity index (χ1n) is 17.7. The standard InChI is InChI=1S/C48H38N2/c1-31-22-24-44(46(26-31)48-29-47(49-30-50-48)35-14-11-13-33(27-35)36-15-4-3-12-32(36)2)38-17-6-5-16-37(38)34-23-25-43-41-20-8-7-18-39(41)40-19-9-10-21-42(40)45(43)28-34/h3-25,27-32,36H,26H2,1-2H3. The van der Waals surface area contributed by atoms with Gasteiger partial charge in [0.05, 0.1) is 11.4 Å². The van der Waals surface area contributed by atoms with E-state index in [-0.39, 0.29) is 0 Å². The zero-order chi connectivity index (χ0) is 33.6. The largest absolute Gasteiger partial charge is 0.237 e. The second-order valence-electron chi connectivity index (χ2n) is 13.9. The van der Waals surface area contributed by atoms with Crippen LogP contribution in [0.5, 0.6) is 0 Å². The summed E-state index contributed by atoms with van der Waals surface area (Å²) in [7, 11) is 0. The maximum atomic E-state index is 4.91. The van der Waals surface area contributed by atoms with Crippen LogP contribution in [-0.4, -0.2) is 9.97 Å². The SMILES string of the molecule is CC1C=CC(c2ccccc2-c2ccc3c4ccccc4c4ccccc4c3c2)=C(c2cc(-c3cccc(C4C=CC=CC4C)c3)ncn2)C1. The van der Waals surface area contributed by atoms with Crippen LogP contribution in [0.4, 0.5) is 0 Å². The third-order valence-corrected chi connectivity index (χ3v) is 10.7. The van der Waals surface area contributed by atoms with Crippen molar-refractivity contribution in [1.29, 1.82) is 0 Å². The van der Waals surface area contributed by atoms with Gasteiger partial charge in [0, 0.05) is 11.5 Å². The van der Waals surface area contributed by atoms with E-state index in [1.54, 1.807) is 6.33 Å². The minimum atomic E-state index is 0.364. The molecule has 0 spiro atoms. The average Bonchev–Trinajstić information content (AvgIpc) is 3.18. The molecule has 0 saturated heterocycles. The summed E-state index contributed by atoms with van der Waals surface area (Å²) in [4.78, 5) is 9.69. The van der Waals surface area contributed by atoms with E-state index in [1.165, 1.54) is 65.7 Å². The molecule has 3 unspecified atom stereocenters. The predicted molar refractivity (Wildman–Crippen MR) is 212 cm³/mol. The molecule has 2 nitrogen and oxygen atoms in total. The van der Waals surface area contributed by atoms with Crippen molar-refractivity contribution in [3.63, 3.8) is 0 Å². The highest BCUT2D eigenvalue weighted by atomic mass is 14.8. The maximum absolute atomic E-state index is 4.91. The quantitative estimate of drug-likeness (QED) is 0.175. The average molecular weight is 643 g/mol. The van der Waals surface area contributed by atoms with E-state index in [0.29, 0.717) is 17.8 Å². The van der Waals surface area contributed by atoms with Gasteiger partial charge < -0.3 is 0 Å². The molecule has 2 aliphatic carbocycles. The summed E-state index contributed by atoms with van der Waals surface area (Å²) >= 11 is 0. The van der Waals surface area contributed by atoms with Gasteiger partial charge in [-0.05, 0) is 102 Å². The molecule has 6 aromatic carbocycles. The number of nitrogens with zero attached hydrogens (tertiary/aromatic N) is 2. The van der Waals surface area contributed by atoms with Gasteiger partial charge >= 0.3 is 0 Å². The topological polar surface area (TPSA) is 25.8 Å². The molecular formula is C48H38N2. The van der Waals surface area contributed by atoms with Crippen molar-refractivity contribution in [2.24, 2.45) is 11.8 Å². The summed E-state index contributed by atoms with van der Waals surface area (Å²) in [5.41, 5.74) is 10.5. The van der Waals surface area contributed by atoms with Gasteiger partial charge in [0.1, 0.15) is 6.33 Å². The van der Waals surface area contributed by atoms with Gasteiger partial charge in [-0.2, -0.15) is 0 Å². The zero-order valence-electron chi connectivity index (χ0n) is 28.4. The minimum absolute atomic E-state index is 0.364. The first-order chi connectivity index (χ1) is 24.6.